The van der Waals surface area contributed by atoms with Crippen LogP contribution < -0.4 is 10.1 Å². The first-order valence-electron chi connectivity index (χ1n) is 4.43. The molecule has 0 amide bonds. The van der Waals surface area contributed by atoms with Gasteiger partial charge in [-0.3, -0.25) is 0 Å². The standard InChI is InChI=1S/C10H9NO2S/c1-2-8(12-3-1)9-4-11-7-5-14-6-10(7)13-9/h1-3,5-6,9,11H,4H2. The van der Waals surface area contributed by atoms with E-state index >= 15 is 0 Å². The van der Waals surface area contributed by atoms with Gasteiger partial charge in [0.2, 0.25) is 0 Å². The van der Waals surface area contributed by atoms with Crippen molar-refractivity contribution < 1.29 is 9.15 Å². The second kappa shape index (κ2) is 3.06. The minimum absolute atomic E-state index is 0.00731. The maximum atomic E-state index is 5.77. The van der Waals surface area contributed by atoms with Crippen LogP contribution in [0.15, 0.2) is 33.6 Å². The summed E-state index contributed by atoms with van der Waals surface area (Å²) in [7, 11) is 0. The van der Waals surface area contributed by atoms with Crippen molar-refractivity contribution in [2.75, 3.05) is 11.9 Å². The highest BCUT2D eigenvalue weighted by Crippen LogP contribution is 2.36. The molecule has 0 spiro atoms. The highest BCUT2D eigenvalue weighted by atomic mass is 32.1. The Hall–Kier alpha value is -1.42. The van der Waals surface area contributed by atoms with Crippen molar-refractivity contribution in [1.29, 1.82) is 0 Å². The van der Waals surface area contributed by atoms with Gasteiger partial charge >= 0.3 is 0 Å². The molecule has 72 valence electrons. The quantitative estimate of drug-likeness (QED) is 0.780. The molecule has 3 heterocycles. The van der Waals surface area contributed by atoms with Gasteiger partial charge in [0.05, 0.1) is 18.5 Å². The van der Waals surface area contributed by atoms with Crippen molar-refractivity contribution in [3.63, 3.8) is 0 Å². The molecule has 1 aliphatic heterocycles. The van der Waals surface area contributed by atoms with Crippen LogP contribution in [0.4, 0.5) is 5.69 Å². The summed E-state index contributed by atoms with van der Waals surface area (Å²) in [6.45, 7) is 0.761. The largest absolute Gasteiger partial charge is 0.478 e. The molecular weight excluding hydrogens is 198 g/mol. The minimum atomic E-state index is -0.00731. The molecule has 0 fully saturated rings. The average Bonchev–Trinajstić information content (AvgIpc) is 2.88. The lowest BCUT2D eigenvalue weighted by Crippen LogP contribution is -2.22. The molecule has 0 aromatic carbocycles. The predicted octanol–water partition coefficient (Wildman–Crippen LogP) is 2.89. The van der Waals surface area contributed by atoms with Gasteiger partial charge in [-0.1, -0.05) is 0 Å². The average molecular weight is 207 g/mol. The van der Waals surface area contributed by atoms with Crippen molar-refractivity contribution in [2.24, 2.45) is 0 Å². The van der Waals surface area contributed by atoms with Gasteiger partial charge in [-0.05, 0) is 12.1 Å². The van der Waals surface area contributed by atoms with Crippen LogP contribution in [0.2, 0.25) is 0 Å². The second-order valence-electron chi connectivity index (χ2n) is 3.15. The minimum Gasteiger partial charge on any atom is -0.478 e. The maximum Gasteiger partial charge on any atom is 0.173 e. The van der Waals surface area contributed by atoms with Crippen molar-refractivity contribution >= 4 is 17.0 Å². The first kappa shape index (κ1) is 7.94. The number of hydrogen-bond acceptors (Lipinski definition) is 4. The fourth-order valence-corrected chi connectivity index (χ4v) is 2.25. The van der Waals surface area contributed by atoms with E-state index in [2.05, 4.69) is 5.32 Å². The lowest BCUT2D eigenvalue weighted by molar-refractivity contribution is 0.182. The van der Waals surface area contributed by atoms with Gasteiger partial charge < -0.3 is 14.5 Å². The van der Waals surface area contributed by atoms with Crippen LogP contribution in [0, 0.1) is 0 Å². The Labute approximate surface area is 85.3 Å². The zero-order valence-electron chi connectivity index (χ0n) is 7.40. The van der Waals surface area contributed by atoms with E-state index in [0.29, 0.717) is 0 Å². The number of thiophene rings is 1. The number of anilines is 1. The first-order chi connectivity index (χ1) is 6.93. The molecule has 1 unspecified atom stereocenters. The van der Waals surface area contributed by atoms with Crippen molar-refractivity contribution in [3.8, 4) is 5.75 Å². The molecule has 4 heteroatoms. The molecule has 3 nitrogen and oxygen atoms in total. The van der Waals surface area contributed by atoms with Crippen LogP contribution in [-0.4, -0.2) is 6.54 Å². The lowest BCUT2D eigenvalue weighted by atomic mass is 10.2. The summed E-state index contributed by atoms with van der Waals surface area (Å²) in [5, 5.41) is 7.35. The smallest absolute Gasteiger partial charge is 0.173 e. The molecule has 0 bridgehead atoms. The third-order valence-electron chi connectivity index (χ3n) is 2.23. The van der Waals surface area contributed by atoms with Gasteiger partial charge in [0, 0.05) is 10.8 Å². The SMILES string of the molecule is c1coc(C2CNc3cscc3O2)c1. The van der Waals surface area contributed by atoms with Gasteiger partial charge in [-0.2, -0.15) is 0 Å². The molecule has 14 heavy (non-hydrogen) atoms. The Kier molecular flexibility index (Phi) is 1.73. The molecule has 2 aromatic rings. The topological polar surface area (TPSA) is 34.4 Å². The summed E-state index contributed by atoms with van der Waals surface area (Å²) >= 11 is 1.64. The Balaban J connectivity index is 1.88. The normalized spacial score (nSPS) is 19.6. The molecule has 1 aliphatic rings. The molecule has 0 saturated heterocycles. The van der Waals surface area contributed by atoms with Crippen LogP contribution in [0.1, 0.15) is 11.9 Å². The number of nitrogens with one attached hydrogen (secondary N) is 1. The molecule has 2 aromatic heterocycles. The zero-order valence-corrected chi connectivity index (χ0v) is 8.21. The molecule has 1 N–H and O–H groups in total. The van der Waals surface area contributed by atoms with E-state index in [1.54, 1.807) is 17.6 Å². The van der Waals surface area contributed by atoms with E-state index in [0.717, 1.165) is 23.7 Å². The number of rotatable bonds is 1. The summed E-state index contributed by atoms with van der Waals surface area (Å²) in [4.78, 5) is 0. The van der Waals surface area contributed by atoms with E-state index in [4.69, 9.17) is 9.15 Å². The van der Waals surface area contributed by atoms with Crippen molar-refractivity contribution in [1.82, 2.24) is 0 Å². The van der Waals surface area contributed by atoms with Gasteiger partial charge in [0.25, 0.3) is 0 Å². The zero-order chi connectivity index (χ0) is 9.38. The number of fused-ring (bicyclic) bond motifs is 1. The number of furan rings is 1. The van der Waals surface area contributed by atoms with Gasteiger partial charge in [0.1, 0.15) is 5.76 Å². The van der Waals surface area contributed by atoms with Crippen LogP contribution in [0.25, 0.3) is 0 Å². The van der Waals surface area contributed by atoms with E-state index in [1.807, 2.05) is 22.9 Å². The highest BCUT2D eigenvalue weighted by Gasteiger charge is 2.23. The third kappa shape index (κ3) is 1.19. The van der Waals surface area contributed by atoms with E-state index in [9.17, 15) is 0 Å². The highest BCUT2D eigenvalue weighted by molar-refractivity contribution is 7.08. The fourth-order valence-electron chi connectivity index (χ4n) is 1.54. The molecule has 1 atom stereocenters. The van der Waals surface area contributed by atoms with Crippen LogP contribution >= 0.6 is 11.3 Å². The van der Waals surface area contributed by atoms with E-state index in [1.165, 1.54) is 0 Å². The number of hydrogen-bond donors (Lipinski definition) is 1. The summed E-state index contributed by atoms with van der Waals surface area (Å²) in [6.07, 6.45) is 1.66. The first-order valence-corrected chi connectivity index (χ1v) is 5.38. The Morgan fingerprint density at radius 2 is 2.43 bits per heavy atom. The monoisotopic (exact) mass is 207 g/mol. The molecule has 0 aliphatic carbocycles. The van der Waals surface area contributed by atoms with Crippen molar-refractivity contribution in [3.05, 3.63) is 34.9 Å². The van der Waals surface area contributed by atoms with Crippen LogP contribution in [-0.2, 0) is 0 Å². The third-order valence-corrected chi connectivity index (χ3v) is 2.96. The molecule has 0 radical (unpaired) electrons. The van der Waals surface area contributed by atoms with E-state index < -0.39 is 0 Å². The van der Waals surface area contributed by atoms with Gasteiger partial charge in [-0.25, -0.2) is 0 Å². The van der Waals surface area contributed by atoms with Crippen LogP contribution in [0.3, 0.4) is 0 Å². The van der Waals surface area contributed by atoms with E-state index in [-0.39, 0.29) is 6.10 Å². The second-order valence-corrected chi connectivity index (χ2v) is 3.90. The summed E-state index contributed by atoms with van der Waals surface area (Å²) in [6, 6.07) is 3.81. The van der Waals surface area contributed by atoms with Crippen LogP contribution in [0.5, 0.6) is 5.75 Å². The molecular formula is C10H9NO2S. The predicted molar refractivity (Wildman–Crippen MR) is 54.9 cm³/mol. The molecule has 0 saturated carbocycles. The maximum absolute atomic E-state index is 5.77. The van der Waals surface area contributed by atoms with Gasteiger partial charge in [-0.15, -0.1) is 11.3 Å². The molecule has 3 rings (SSSR count). The Bertz CT molecular complexity index is 421. The Morgan fingerprint density at radius 3 is 3.29 bits per heavy atom. The summed E-state index contributed by atoms with van der Waals surface area (Å²) in [5.74, 6) is 1.79. The summed E-state index contributed by atoms with van der Waals surface area (Å²) in [5.41, 5.74) is 1.08. The van der Waals surface area contributed by atoms with Gasteiger partial charge in [0.15, 0.2) is 11.9 Å². The Morgan fingerprint density at radius 1 is 1.43 bits per heavy atom. The number of ether oxygens (including phenoxy) is 1. The van der Waals surface area contributed by atoms with Crippen molar-refractivity contribution in [2.45, 2.75) is 6.10 Å². The fraction of sp³-hybridized carbons (Fsp3) is 0.200. The lowest BCUT2D eigenvalue weighted by Gasteiger charge is -2.23. The summed E-state index contributed by atoms with van der Waals surface area (Å²) < 4.78 is 11.1.